The van der Waals surface area contributed by atoms with E-state index >= 15 is 0 Å². The Labute approximate surface area is 163 Å². The van der Waals surface area contributed by atoms with Gasteiger partial charge in [-0.25, -0.2) is 27.9 Å². The van der Waals surface area contributed by atoms with Crippen molar-refractivity contribution in [1.29, 1.82) is 0 Å². The summed E-state index contributed by atoms with van der Waals surface area (Å²) < 4.78 is 31.8. The fourth-order valence-electron chi connectivity index (χ4n) is 2.52. The second-order valence-electron chi connectivity index (χ2n) is 5.94. The summed E-state index contributed by atoms with van der Waals surface area (Å²) in [6, 6.07) is 15.2. The van der Waals surface area contributed by atoms with Crippen LogP contribution >= 0.6 is 0 Å². The molecule has 1 N–H and O–H groups in total. The standard InChI is InChI=1S/C20H19N3O4S/c1-27-20(24)17-7-9-18(10-8-17)28(25,26)23-12-11-15-13-21-19(22-14-15)16-5-3-2-4-6-16/h2-10,13-14,23H,11-12H2,1H3. The molecule has 1 heterocycles. The molecule has 0 saturated heterocycles. The van der Waals surface area contributed by atoms with Crippen molar-refractivity contribution in [2.24, 2.45) is 0 Å². The van der Waals surface area contributed by atoms with Crippen molar-refractivity contribution in [1.82, 2.24) is 14.7 Å². The van der Waals surface area contributed by atoms with Gasteiger partial charge in [-0.15, -0.1) is 0 Å². The number of hydrogen-bond acceptors (Lipinski definition) is 6. The van der Waals surface area contributed by atoms with Gasteiger partial charge in [0.2, 0.25) is 10.0 Å². The average Bonchev–Trinajstić information content (AvgIpc) is 2.74. The summed E-state index contributed by atoms with van der Waals surface area (Å²) in [5, 5.41) is 0. The van der Waals surface area contributed by atoms with E-state index in [0.717, 1.165) is 11.1 Å². The largest absolute Gasteiger partial charge is 0.465 e. The highest BCUT2D eigenvalue weighted by atomic mass is 32.2. The van der Waals surface area contributed by atoms with Crippen LogP contribution in [-0.2, 0) is 21.2 Å². The lowest BCUT2D eigenvalue weighted by Gasteiger charge is -2.08. The zero-order valence-corrected chi connectivity index (χ0v) is 16.0. The first kappa shape index (κ1) is 19.7. The number of nitrogens with zero attached hydrogens (tertiary/aromatic N) is 2. The SMILES string of the molecule is COC(=O)c1ccc(S(=O)(=O)NCCc2cnc(-c3ccccc3)nc2)cc1. The summed E-state index contributed by atoms with van der Waals surface area (Å²) in [5.74, 6) is 0.103. The number of rotatable bonds is 7. The number of carbonyl (C=O) groups is 1. The van der Waals surface area contributed by atoms with Crippen LogP contribution < -0.4 is 4.72 Å². The fourth-order valence-corrected chi connectivity index (χ4v) is 3.55. The third-order valence-corrected chi connectivity index (χ3v) is 5.51. The number of carbonyl (C=O) groups excluding carboxylic acids is 1. The Morgan fingerprint density at radius 1 is 1.00 bits per heavy atom. The van der Waals surface area contributed by atoms with Crippen molar-refractivity contribution in [3.63, 3.8) is 0 Å². The normalized spacial score (nSPS) is 11.2. The van der Waals surface area contributed by atoms with Crippen LogP contribution in [-0.4, -0.2) is 38.0 Å². The van der Waals surface area contributed by atoms with Crippen molar-refractivity contribution in [2.75, 3.05) is 13.7 Å². The Balaban J connectivity index is 1.58. The summed E-state index contributed by atoms with van der Waals surface area (Å²) in [5.41, 5.74) is 2.03. The van der Waals surface area contributed by atoms with Crippen LogP contribution in [0, 0.1) is 0 Å². The first-order valence-corrected chi connectivity index (χ1v) is 10.0. The quantitative estimate of drug-likeness (QED) is 0.615. The molecular formula is C20H19N3O4S. The first-order valence-electron chi connectivity index (χ1n) is 8.54. The van der Waals surface area contributed by atoms with Crippen molar-refractivity contribution >= 4 is 16.0 Å². The second kappa shape index (κ2) is 8.73. The number of benzene rings is 2. The molecule has 0 atom stereocenters. The molecule has 8 heteroatoms. The number of aromatic nitrogens is 2. The van der Waals surface area contributed by atoms with E-state index in [4.69, 9.17) is 0 Å². The molecule has 7 nitrogen and oxygen atoms in total. The summed E-state index contributed by atoms with van der Waals surface area (Å²) in [6.07, 6.45) is 3.83. The molecule has 0 unspecified atom stereocenters. The minimum absolute atomic E-state index is 0.0795. The molecule has 0 amide bonds. The minimum atomic E-state index is -3.67. The lowest BCUT2D eigenvalue weighted by molar-refractivity contribution is 0.0600. The molecule has 0 saturated carbocycles. The summed E-state index contributed by atoms with van der Waals surface area (Å²) >= 11 is 0. The van der Waals surface area contributed by atoms with Crippen LogP contribution in [0.4, 0.5) is 0 Å². The highest BCUT2D eigenvalue weighted by Gasteiger charge is 2.14. The van der Waals surface area contributed by atoms with Crippen LogP contribution in [0.2, 0.25) is 0 Å². The molecule has 3 aromatic rings. The Kier molecular flexibility index (Phi) is 6.13. The maximum Gasteiger partial charge on any atom is 0.337 e. The summed E-state index contributed by atoms with van der Waals surface area (Å²) in [4.78, 5) is 20.1. The van der Waals surface area contributed by atoms with E-state index in [9.17, 15) is 13.2 Å². The summed E-state index contributed by atoms with van der Waals surface area (Å²) in [6.45, 7) is 0.204. The molecule has 0 spiro atoms. The number of esters is 1. The molecule has 28 heavy (non-hydrogen) atoms. The maximum absolute atomic E-state index is 12.4. The lowest BCUT2D eigenvalue weighted by Crippen LogP contribution is -2.26. The molecule has 0 aliphatic carbocycles. The fraction of sp³-hybridized carbons (Fsp3) is 0.150. The van der Waals surface area contributed by atoms with Crippen molar-refractivity contribution in [2.45, 2.75) is 11.3 Å². The Morgan fingerprint density at radius 2 is 1.64 bits per heavy atom. The molecule has 144 valence electrons. The van der Waals surface area contributed by atoms with E-state index in [1.165, 1.54) is 31.4 Å². The molecule has 0 aliphatic heterocycles. The van der Waals surface area contributed by atoms with Gasteiger partial charge in [0.1, 0.15) is 0 Å². The number of hydrogen-bond donors (Lipinski definition) is 1. The van der Waals surface area contributed by atoms with Gasteiger partial charge in [-0.2, -0.15) is 0 Å². The van der Waals surface area contributed by atoms with Crippen molar-refractivity contribution in [3.05, 3.63) is 78.1 Å². The second-order valence-corrected chi connectivity index (χ2v) is 7.71. The molecular weight excluding hydrogens is 378 g/mol. The molecule has 2 aromatic carbocycles. The Bertz CT molecular complexity index is 1040. The van der Waals surface area contributed by atoms with Gasteiger partial charge >= 0.3 is 5.97 Å². The zero-order valence-electron chi connectivity index (χ0n) is 15.2. The smallest absolute Gasteiger partial charge is 0.337 e. The van der Waals surface area contributed by atoms with E-state index in [1.54, 1.807) is 12.4 Å². The predicted molar refractivity (Wildman–Crippen MR) is 104 cm³/mol. The summed E-state index contributed by atoms with van der Waals surface area (Å²) in [7, 11) is -2.41. The highest BCUT2D eigenvalue weighted by Crippen LogP contribution is 2.14. The number of nitrogens with one attached hydrogen (secondary N) is 1. The molecule has 0 fully saturated rings. The lowest BCUT2D eigenvalue weighted by atomic mass is 10.2. The van der Waals surface area contributed by atoms with Gasteiger partial charge < -0.3 is 4.74 Å². The Hall–Kier alpha value is -3.10. The van der Waals surface area contributed by atoms with E-state index in [-0.39, 0.29) is 17.0 Å². The van der Waals surface area contributed by atoms with Crippen molar-refractivity contribution < 1.29 is 17.9 Å². The van der Waals surface area contributed by atoms with E-state index in [2.05, 4.69) is 19.4 Å². The van der Waals surface area contributed by atoms with Gasteiger partial charge in [0.05, 0.1) is 17.6 Å². The maximum atomic E-state index is 12.4. The minimum Gasteiger partial charge on any atom is -0.465 e. The van der Waals surface area contributed by atoms with Crippen LogP contribution in [0.3, 0.4) is 0 Å². The van der Waals surface area contributed by atoms with Gasteiger partial charge in [-0.3, -0.25) is 0 Å². The van der Waals surface area contributed by atoms with Gasteiger partial charge in [0.15, 0.2) is 5.82 Å². The van der Waals surface area contributed by atoms with Gasteiger partial charge in [-0.1, -0.05) is 30.3 Å². The predicted octanol–water partition coefficient (Wildman–Crippen LogP) is 2.45. The van der Waals surface area contributed by atoms with Gasteiger partial charge in [0, 0.05) is 24.5 Å². The molecule has 0 aliphatic rings. The average molecular weight is 397 g/mol. The zero-order chi connectivity index (χ0) is 20.0. The van der Waals surface area contributed by atoms with Crippen molar-refractivity contribution in [3.8, 4) is 11.4 Å². The monoisotopic (exact) mass is 397 g/mol. The number of ether oxygens (including phenoxy) is 1. The molecule has 0 radical (unpaired) electrons. The van der Waals surface area contributed by atoms with Gasteiger partial charge in [-0.05, 0) is 36.2 Å². The van der Waals surface area contributed by atoms with Crippen LogP contribution in [0.5, 0.6) is 0 Å². The first-order chi connectivity index (χ1) is 13.5. The van der Waals surface area contributed by atoms with E-state index in [0.29, 0.717) is 12.2 Å². The highest BCUT2D eigenvalue weighted by molar-refractivity contribution is 7.89. The number of sulfonamides is 1. The van der Waals surface area contributed by atoms with E-state index < -0.39 is 16.0 Å². The third-order valence-electron chi connectivity index (χ3n) is 4.03. The van der Waals surface area contributed by atoms with Gasteiger partial charge in [0.25, 0.3) is 0 Å². The third kappa shape index (κ3) is 4.79. The number of methoxy groups -OCH3 is 1. The van der Waals surface area contributed by atoms with E-state index in [1.807, 2.05) is 30.3 Å². The molecule has 1 aromatic heterocycles. The topological polar surface area (TPSA) is 98.2 Å². The van der Waals surface area contributed by atoms with Crippen LogP contribution in [0.15, 0.2) is 71.9 Å². The Morgan fingerprint density at radius 3 is 2.25 bits per heavy atom. The molecule has 0 bridgehead atoms. The molecule has 3 rings (SSSR count). The van der Waals surface area contributed by atoms with Crippen LogP contribution in [0.1, 0.15) is 15.9 Å². The van der Waals surface area contributed by atoms with Crippen LogP contribution in [0.25, 0.3) is 11.4 Å².